The van der Waals surface area contributed by atoms with Gasteiger partial charge in [0, 0.05) is 16.8 Å². The number of aryl methyl sites for hydroxylation is 1. The normalized spacial score (nSPS) is 10.1. The summed E-state index contributed by atoms with van der Waals surface area (Å²) in [7, 11) is 1.27. The van der Waals surface area contributed by atoms with E-state index in [9.17, 15) is 14.4 Å². The number of carbonyl (C=O) groups excluding carboxylic acids is 3. The van der Waals surface area contributed by atoms with Gasteiger partial charge >= 0.3 is 5.97 Å². The van der Waals surface area contributed by atoms with E-state index in [4.69, 9.17) is 4.74 Å². The summed E-state index contributed by atoms with van der Waals surface area (Å²) in [6.45, 7) is 1.96. The van der Waals surface area contributed by atoms with Crippen LogP contribution in [-0.4, -0.2) is 24.9 Å². The zero-order valence-corrected chi connectivity index (χ0v) is 16.1. The number of carbonyl (C=O) groups is 3. The van der Waals surface area contributed by atoms with Gasteiger partial charge in [0.15, 0.2) is 0 Å². The third-order valence-electron chi connectivity index (χ3n) is 4.28. The highest BCUT2D eigenvalue weighted by Crippen LogP contribution is 2.18. The smallest absolute Gasteiger partial charge is 0.339 e. The molecule has 0 spiro atoms. The molecule has 0 heterocycles. The molecule has 2 N–H and O–H groups in total. The first-order chi connectivity index (χ1) is 14.0. The number of rotatable bonds is 5. The lowest BCUT2D eigenvalue weighted by Crippen LogP contribution is -2.17. The average molecular weight is 388 g/mol. The zero-order valence-electron chi connectivity index (χ0n) is 16.1. The number of hydrogen-bond donors (Lipinski definition) is 2. The minimum Gasteiger partial charge on any atom is -0.465 e. The molecule has 3 aromatic carbocycles. The van der Waals surface area contributed by atoms with Gasteiger partial charge in [-0.15, -0.1) is 0 Å². The second kappa shape index (κ2) is 8.84. The van der Waals surface area contributed by atoms with Gasteiger partial charge in [-0.05, 0) is 49.4 Å². The molecule has 0 atom stereocenters. The lowest BCUT2D eigenvalue weighted by atomic mass is 10.1. The van der Waals surface area contributed by atoms with Gasteiger partial charge in [-0.2, -0.15) is 0 Å². The van der Waals surface area contributed by atoms with E-state index in [0.29, 0.717) is 22.5 Å². The molecule has 0 aliphatic heterocycles. The Hall–Kier alpha value is -3.93. The fourth-order valence-electron chi connectivity index (χ4n) is 2.72. The summed E-state index contributed by atoms with van der Waals surface area (Å²) in [5, 5.41) is 5.49. The van der Waals surface area contributed by atoms with Crippen molar-refractivity contribution >= 4 is 29.2 Å². The van der Waals surface area contributed by atoms with Crippen LogP contribution < -0.4 is 10.6 Å². The highest BCUT2D eigenvalue weighted by atomic mass is 16.5. The van der Waals surface area contributed by atoms with Crippen LogP contribution in [0.1, 0.15) is 36.6 Å². The third-order valence-corrected chi connectivity index (χ3v) is 4.28. The molecule has 0 radical (unpaired) electrons. The van der Waals surface area contributed by atoms with Crippen LogP contribution in [0.15, 0.2) is 72.8 Å². The van der Waals surface area contributed by atoms with Gasteiger partial charge in [0.05, 0.1) is 18.4 Å². The predicted octanol–water partition coefficient (Wildman–Crippen LogP) is 4.29. The van der Waals surface area contributed by atoms with Gasteiger partial charge in [-0.1, -0.05) is 35.9 Å². The van der Waals surface area contributed by atoms with Crippen molar-refractivity contribution in [2.75, 3.05) is 17.7 Å². The fraction of sp³-hybridized carbons (Fsp3) is 0.0870. The molecular weight excluding hydrogens is 368 g/mol. The zero-order chi connectivity index (χ0) is 20.8. The maximum Gasteiger partial charge on any atom is 0.339 e. The van der Waals surface area contributed by atoms with E-state index in [1.54, 1.807) is 42.5 Å². The summed E-state index contributed by atoms with van der Waals surface area (Å²) in [4.78, 5) is 37.0. The number of amides is 2. The lowest BCUT2D eigenvalue weighted by Gasteiger charge is -2.10. The molecule has 2 amide bonds. The number of esters is 1. The highest BCUT2D eigenvalue weighted by Gasteiger charge is 2.15. The molecule has 146 valence electrons. The Bertz CT molecular complexity index is 1060. The molecule has 29 heavy (non-hydrogen) atoms. The van der Waals surface area contributed by atoms with Gasteiger partial charge in [-0.25, -0.2) is 4.79 Å². The monoisotopic (exact) mass is 388 g/mol. The molecule has 0 aliphatic carbocycles. The number of hydrogen-bond acceptors (Lipinski definition) is 4. The summed E-state index contributed by atoms with van der Waals surface area (Å²) >= 11 is 0. The first-order valence-corrected chi connectivity index (χ1v) is 8.94. The van der Waals surface area contributed by atoms with E-state index in [1.165, 1.54) is 13.2 Å². The van der Waals surface area contributed by atoms with Crippen LogP contribution in [0, 0.1) is 6.92 Å². The fourth-order valence-corrected chi connectivity index (χ4v) is 2.72. The van der Waals surface area contributed by atoms with Crippen molar-refractivity contribution < 1.29 is 19.1 Å². The van der Waals surface area contributed by atoms with Crippen molar-refractivity contribution in [3.05, 3.63) is 95.1 Å². The van der Waals surface area contributed by atoms with Gasteiger partial charge in [0.25, 0.3) is 11.8 Å². The molecule has 6 nitrogen and oxygen atoms in total. The molecule has 0 aliphatic rings. The SMILES string of the molecule is COC(=O)c1ccccc1NC(=O)c1cccc(C(=O)Nc2ccc(C)cc2)c1. The van der Waals surface area contributed by atoms with Crippen molar-refractivity contribution in [2.24, 2.45) is 0 Å². The Morgan fingerprint density at radius 1 is 0.759 bits per heavy atom. The summed E-state index contributed by atoms with van der Waals surface area (Å²) < 4.78 is 4.74. The van der Waals surface area contributed by atoms with Crippen LogP contribution in [0.5, 0.6) is 0 Å². The second-order valence-corrected chi connectivity index (χ2v) is 6.39. The molecule has 0 aromatic heterocycles. The largest absolute Gasteiger partial charge is 0.465 e. The quantitative estimate of drug-likeness (QED) is 0.639. The van der Waals surface area contributed by atoms with Crippen LogP contribution in [0.25, 0.3) is 0 Å². The maximum absolute atomic E-state index is 12.7. The minimum absolute atomic E-state index is 0.247. The standard InChI is InChI=1S/C23H20N2O4/c1-15-10-12-18(13-11-15)24-21(26)16-6-5-7-17(14-16)22(27)25-20-9-4-3-8-19(20)23(28)29-2/h3-14H,1-2H3,(H,24,26)(H,25,27). The van der Waals surface area contributed by atoms with E-state index in [2.05, 4.69) is 10.6 Å². The molecule has 3 rings (SSSR count). The van der Waals surface area contributed by atoms with Crippen LogP contribution >= 0.6 is 0 Å². The Morgan fingerprint density at radius 2 is 1.38 bits per heavy atom. The Balaban J connectivity index is 1.77. The first kappa shape index (κ1) is 19.8. The topological polar surface area (TPSA) is 84.5 Å². The molecule has 0 saturated heterocycles. The van der Waals surface area contributed by atoms with Gasteiger partial charge < -0.3 is 15.4 Å². The van der Waals surface area contributed by atoms with Gasteiger partial charge in [0.2, 0.25) is 0 Å². The minimum atomic E-state index is -0.549. The van der Waals surface area contributed by atoms with Crippen LogP contribution in [-0.2, 0) is 4.74 Å². The number of nitrogens with one attached hydrogen (secondary N) is 2. The Kier molecular flexibility index (Phi) is 6.04. The molecular formula is C23H20N2O4. The number of benzene rings is 3. The summed E-state index contributed by atoms with van der Waals surface area (Å²) in [5.41, 5.74) is 2.98. The van der Waals surface area contributed by atoms with E-state index < -0.39 is 11.9 Å². The third kappa shape index (κ3) is 4.87. The van der Waals surface area contributed by atoms with Crippen molar-refractivity contribution in [1.29, 1.82) is 0 Å². The summed E-state index contributed by atoms with van der Waals surface area (Å²) in [5.74, 6) is -1.31. The summed E-state index contributed by atoms with van der Waals surface area (Å²) in [6, 6.07) is 20.3. The number of ether oxygens (including phenoxy) is 1. The summed E-state index contributed by atoms with van der Waals surface area (Å²) in [6.07, 6.45) is 0. The van der Waals surface area contributed by atoms with Gasteiger partial charge in [-0.3, -0.25) is 9.59 Å². The van der Waals surface area contributed by atoms with Crippen LogP contribution in [0.2, 0.25) is 0 Å². The molecule has 0 saturated carbocycles. The van der Waals surface area contributed by atoms with Crippen molar-refractivity contribution in [2.45, 2.75) is 6.92 Å². The predicted molar refractivity (Wildman–Crippen MR) is 111 cm³/mol. The van der Waals surface area contributed by atoms with Gasteiger partial charge in [0.1, 0.15) is 0 Å². The highest BCUT2D eigenvalue weighted by molar-refractivity contribution is 6.10. The van der Waals surface area contributed by atoms with E-state index in [-0.39, 0.29) is 11.5 Å². The molecule has 6 heteroatoms. The Morgan fingerprint density at radius 3 is 2.03 bits per heavy atom. The maximum atomic E-state index is 12.7. The van der Waals surface area contributed by atoms with Crippen LogP contribution in [0.3, 0.4) is 0 Å². The average Bonchev–Trinajstić information content (AvgIpc) is 2.75. The van der Waals surface area contributed by atoms with Crippen molar-refractivity contribution in [3.8, 4) is 0 Å². The van der Waals surface area contributed by atoms with E-state index >= 15 is 0 Å². The lowest BCUT2D eigenvalue weighted by molar-refractivity contribution is 0.0601. The van der Waals surface area contributed by atoms with Crippen molar-refractivity contribution in [3.63, 3.8) is 0 Å². The molecule has 3 aromatic rings. The van der Waals surface area contributed by atoms with E-state index in [0.717, 1.165) is 5.56 Å². The molecule has 0 bridgehead atoms. The number of para-hydroxylation sites is 1. The Labute approximate surface area is 168 Å². The number of anilines is 2. The van der Waals surface area contributed by atoms with Crippen LogP contribution in [0.4, 0.5) is 11.4 Å². The molecule has 0 unspecified atom stereocenters. The molecule has 0 fully saturated rings. The van der Waals surface area contributed by atoms with Crippen molar-refractivity contribution in [1.82, 2.24) is 0 Å². The second-order valence-electron chi connectivity index (χ2n) is 6.39. The first-order valence-electron chi connectivity index (χ1n) is 8.94. The number of methoxy groups -OCH3 is 1. The van der Waals surface area contributed by atoms with E-state index in [1.807, 2.05) is 31.2 Å².